The zero-order chi connectivity index (χ0) is 11.8. The van der Waals surface area contributed by atoms with Gasteiger partial charge in [-0.25, -0.2) is 0 Å². The van der Waals surface area contributed by atoms with Crippen molar-refractivity contribution in [2.75, 3.05) is 12.3 Å². The maximum atomic E-state index is 6.07. The molecule has 0 aromatic heterocycles. The maximum absolute atomic E-state index is 6.07. The SMILES string of the molecule is Nc1ccc(CN(CC2CC2)C2CC2)cc1Cl. The molecule has 2 aliphatic rings. The number of rotatable bonds is 5. The van der Waals surface area contributed by atoms with Crippen molar-refractivity contribution in [3.8, 4) is 0 Å². The molecule has 17 heavy (non-hydrogen) atoms. The molecule has 0 spiro atoms. The molecule has 3 rings (SSSR count). The minimum atomic E-state index is 0.676. The zero-order valence-corrected chi connectivity index (χ0v) is 10.8. The Hall–Kier alpha value is -0.730. The van der Waals surface area contributed by atoms with Gasteiger partial charge in [0.1, 0.15) is 0 Å². The summed E-state index contributed by atoms with van der Waals surface area (Å²) >= 11 is 6.07. The lowest BCUT2D eigenvalue weighted by atomic mass is 10.2. The van der Waals surface area contributed by atoms with E-state index in [1.807, 2.05) is 12.1 Å². The second-order valence-corrected chi connectivity index (χ2v) is 5.87. The summed E-state index contributed by atoms with van der Waals surface area (Å²) in [7, 11) is 0. The molecule has 3 heteroatoms. The van der Waals surface area contributed by atoms with E-state index in [1.165, 1.54) is 37.8 Å². The van der Waals surface area contributed by atoms with Gasteiger partial charge in [-0.05, 0) is 49.3 Å². The van der Waals surface area contributed by atoms with E-state index in [0.29, 0.717) is 10.7 Å². The van der Waals surface area contributed by atoms with Crippen molar-refractivity contribution in [3.05, 3.63) is 28.8 Å². The third-order valence-electron chi connectivity index (χ3n) is 3.70. The highest BCUT2D eigenvalue weighted by molar-refractivity contribution is 6.33. The van der Waals surface area contributed by atoms with Crippen LogP contribution in [0.25, 0.3) is 0 Å². The lowest BCUT2D eigenvalue weighted by Crippen LogP contribution is -2.27. The molecule has 0 unspecified atom stereocenters. The molecule has 2 aliphatic carbocycles. The van der Waals surface area contributed by atoms with Gasteiger partial charge in [-0.2, -0.15) is 0 Å². The second kappa shape index (κ2) is 4.51. The summed E-state index contributed by atoms with van der Waals surface area (Å²) in [5, 5.41) is 0.685. The lowest BCUT2D eigenvalue weighted by molar-refractivity contribution is 0.244. The number of hydrogen-bond acceptors (Lipinski definition) is 2. The topological polar surface area (TPSA) is 29.3 Å². The van der Waals surface area contributed by atoms with Crippen molar-refractivity contribution >= 4 is 17.3 Å². The van der Waals surface area contributed by atoms with Crippen LogP contribution in [0.5, 0.6) is 0 Å². The first-order valence-corrected chi connectivity index (χ1v) is 6.88. The van der Waals surface area contributed by atoms with E-state index in [9.17, 15) is 0 Å². The third-order valence-corrected chi connectivity index (χ3v) is 4.03. The van der Waals surface area contributed by atoms with Crippen LogP contribution in [0.2, 0.25) is 5.02 Å². The predicted octanol–water partition coefficient (Wildman–Crippen LogP) is 3.30. The molecule has 2 saturated carbocycles. The van der Waals surface area contributed by atoms with Gasteiger partial charge in [0, 0.05) is 19.1 Å². The Morgan fingerprint density at radius 1 is 1.24 bits per heavy atom. The van der Waals surface area contributed by atoms with E-state index >= 15 is 0 Å². The van der Waals surface area contributed by atoms with Gasteiger partial charge in [-0.1, -0.05) is 17.7 Å². The van der Waals surface area contributed by atoms with Crippen LogP contribution < -0.4 is 5.73 Å². The standard InChI is InChI=1S/C14H19ClN2/c15-13-7-11(3-6-14(13)16)9-17(12-4-5-12)8-10-1-2-10/h3,6-7,10,12H,1-2,4-5,8-9,16H2. The third kappa shape index (κ3) is 2.93. The highest BCUT2D eigenvalue weighted by Crippen LogP contribution is 2.35. The molecule has 0 amide bonds. The first-order valence-electron chi connectivity index (χ1n) is 6.50. The van der Waals surface area contributed by atoms with Gasteiger partial charge in [-0.15, -0.1) is 0 Å². The molecule has 1 aromatic rings. The minimum absolute atomic E-state index is 0.676. The molecular weight excluding hydrogens is 232 g/mol. The van der Waals surface area contributed by atoms with Gasteiger partial charge in [0.2, 0.25) is 0 Å². The van der Waals surface area contributed by atoms with Gasteiger partial charge < -0.3 is 5.73 Å². The van der Waals surface area contributed by atoms with Gasteiger partial charge in [0.05, 0.1) is 10.7 Å². The van der Waals surface area contributed by atoms with Crippen molar-refractivity contribution in [1.29, 1.82) is 0 Å². The van der Waals surface area contributed by atoms with Crippen molar-refractivity contribution in [1.82, 2.24) is 4.90 Å². The Labute approximate surface area is 108 Å². The van der Waals surface area contributed by atoms with Crippen molar-refractivity contribution < 1.29 is 0 Å². The summed E-state index contributed by atoms with van der Waals surface area (Å²) in [6.45, 7) is 2.30. The molecule has 0 heterocycles. The number of benzene rings is 1. The summed E-state index contributed by atoms with van der Waals surface area (Å²) < 4.78 is 0. The lowest BCUT2D eigenvalue weighted by Gasteiger charge is -2.22. The Bertz CT molecular complexity index is 411. The summed E-state index contributed by atoms with van der Waals surface area (Å²) in [6, 6.07) is 6.86. The summed E-state index contributed by atoms with van der Waals surface area (Å²) in [4.78, 5) is 2.62. The molecule has 0 radical (unpaired) electrons. The van der Waals surface area contributed by atoms with Crippen LogP contribution >= 0.6 is 11.6 Å². The van der Waals surface area contributed by atoms with E-state index in [-0.39, 0.29) is 0 Å². The molecule has 92 valence electrons. The number of nitrogen functional groups attached to an aromatic ring is 1. The number of hydrogen-bond donors (Lipinski definition) is 1. The molecule has 0 atom stereocenters. The number of halogens is 1. The highest BCUT2D eigenvalue weighted by Gasteiger charge is 2.33. The van der Waals surface area contributed by atoms with Crippen LogP contribution in [-0.4, -0.2) is 17.5 Å². The monoisotopic (exact) mass is 250 g/mol. The zero-order valence-electron chi connectivity index (χ0n) is 10.0. The molecule has 2 fully saturated rings. The van der Waals surface area contributed by atoms with Crippen LogP contribution in [0.15, 0.2) is 18.2 Å². The predicted molar refractivity (Wildman–Crippen MR) is 72.0 cm³/mol. The maximum Gasteiger partial charge on any atom is 0.0638 e. The quantitative estimate of drug-likeness (QED) is 0.813. The average molecular weight is 251 g/mol. The highest BCUT2D eigenvalue weighted by atomic mass is 35.5. The normalized spacial score (nSPS) is 19.9. The molecule has 0 saturated heterocycles. The number of nitrogens with two attached hydrogens (primary N) is 1. The van der Waals surface area contributed by atoms with Gasteiger partial charge >= 0.3 is 0 Å². The molecule has 0 aliphatic heterocycles. The minimum Gasteiger partial charge on any atom is -0.398 e. The van der Waals surface area contributed by atoms with Gasteiger partial charge in [0.25, 0.3) is 0 Å². The Kier molecular flexibility index (Phi) is 3.01. The van der Waals surface area contributed by atoms with E-state index < -0.39 is 0 Å². The fourth-order valence-electron chi connectivity index (χ4n) is 2.32. The fourth-order valence-corrected chi connectivity index (χ4v) is 2.52. The smallest absolute Gasteiger partial charge is 0.0638 e. The Morgan fingerprint density at radius 3 is 2.59 bits per heavy atom. The van der Waals surface area contributed by atoms with E-state index in [0.717, 1.165) is 18.5 Å². The summed E-state index contributed by atoms with van der Waals surface area (Å²) in [5.74, 6) is 0.958. The van der Waals surface area contributed by atoms with E-state index in [1.54, 1.807) is 0 Å². The van der Waals surface area contributed by atoms with Crippen LogP contribution in [-0.2, 0) is 6.54 Å². The summed E-state index contributed by atoms with van der Waals surface area (Å²) in [5.41, 5.74) is 7.70. The number of anilines is 1. The van der Waals surface area contributed by atoms with Crippen molar-refractivity contribution in [2.24, 2.45) is 5.92 Å². The van der Waals surface area contributed by atoms with Gasteiger partial charge in [-0.3, -0.25) is 4.90 Å². The van der Waals surface area contributed by atoms with Crippen molar-refractivity contribution in [3.63, 3.8) is 0 Å². The molecule has 0 bridgehead atoms. The fraction of sp³-hybridized carbons (Fsp3) is 0.571. The van der Waals surface area contributed by atoms with E-state index in [4.69, 9.17) is 17.3 Å². The molecule has 2 nitrogen and oxygen atoms in total. The molecule has 1 aromatic carbocycles. The molecular formula is C14H19ClN2. The first-order chi connectivity index (χ1) is 8.22. The largest absolute Gasteiger partial charge is 0.398 e. The van der Waals surface area contributed by atoms with Crippen LogP contribution in [0.1, 0.15) is 31.2 Å². The first kappa shape index (κ1) is 11.4. The Morgan fingerprint density at radius 2 is 2.00 bits per heavy atom. The van der Waals surface area contributed by atoms with Crippen LogP contribution in [0.4, 0.5) is 5.69 Å². The van der Waals surface area contributed by atoms with Crippen LogP contribution in [0.3, 0.4) is 0 Å². The van der Waals surface area contributed by atoms with Crippen LogP contribution in [0, 0.1) is 5.92 Å². The second-order valence-electron chi connectivity index (χ2n) is 5.46. The van der Waals surface area contributed by atoms with E-state index in [2.05, 4.69) is 11.0 Å². The summed E-state index contributed by atoms with van der Waals surface area (Å²) in [6.07, 6.45) is 5.59. The number of nitrogens with zero attached hydrogens (tertiary/aromatic N) is 1. The average Bonchev–Trinajstić information content (AvgIpc) is 3.15. The Balaban J connectivity index is 1.67. The molecule has 2 N–H and O–H groups in total. The van der Waals surface area contributed by atoms with Crippen molar-refractivity contribution in [2.45, 2.75) is 38.3 Å². The van der Waals surface area contributed by atoms with Gasteiger partial charge in [0.15, 0.2) is 0 Å².